The molecule has 0 bridgehead atoms. The van der Waals surface area contributed by atoms with E-state index in [4.69, 9.17) is 29.7 Å². The van der Waals surface area contributed by atoms with Crippen molar-refractivity contribution in [1.82, 2.24) is 0 Å². The van der Waals surface area contributed by atoms with Crippen LogP contribution in [0.25, 0.3) is 0 Å². The fourth-order valence-electron chi connectivity index (χ4n) is 1.03. The lowest BCUT2D eigenvalue weighted by molar-refractivity contribution is -0.00454. The molecule has 110 valence electrons. The van der Waals surface area contributed by atoms with Gasteiger partial charge in [0.1, 0.15) is 0 Å². The first-order chi connectivity index (χ1) is 8.54. The summed E-state index contributed by atoms with van der Waals surface area (Å²) in [6.45, 7) is 3.81. The van der Waals surface area contributed by atoms with Crippen LogP contribution in [0.2, 0.25) is 0 Å². The molecule has 0 aromatic carbocycles. The first kappa shape index (κ1) is 20.1. The molecule has 5 N–H and O–H groups in total. The SMILES string of the molecule is CCCCC(O)COCCOCCO.OB(O)O. The molecule has 0 saturated carbocycles. The first-order valence-electron chi connectivity index (χ1n) is 6.03. The molecule has 0 aromatic rings. The number of unbranched alkanes of at least 4 members (excludes halogenated alkanes) is 1. The molecular formula is C10H25BO7. The van der Waals surface area contributed by atoms with Crippen LogP contribution in [0.3, 0.4) is 0 Å². The Morgan fingerprint density at radius 3 is 2.11 bits per heavy atom. The molecule has 0 heterocycles. The monoisotopic (exact) mass is 268 g/mol. The minimum absolute atomic E-state index is 0.0408. The van der Waals surface area contributed by atoms with Crippen molar-refractivity contribution in [2.45, 2.75) is 32.3 Å². The molecule has 0 spiro atoms. The Balaban J connectivity index is 0. The topological polar surface area (TPSA) is 120 Å². The molecular weight excluding hydrogens is 243 g/mol. The highest BCUT2D eigenvalue weighted by atomic mass is 16.5. The van der Waals surface area contributed by atoms with Crippen molar-refractivity contribution in [3.8, 4) is 0 Å². The lowest BCUT2D eigenvalue weighted by Gasteiger charge is -2.10. The third kappa shape index (κ3) is 24.8. The minimum Gasteiger partial charge on any atom is -0.402 e. The molecule has 1 atom stereocenters. The van der Waals surface area contributed by atoms with E-state index in [9.17, 15) is 5.11 Å². The van der Waals surface area contributed by atoms with Crippen LogP contribution in [0.15, 0.2) is 0 Å². The van der Waals surface area contributed by atoms with Gasteiger partial charge in [0.25, 0.3) is 0 Å². The van der Waals surface area contributed by atoms with E-state index in [-0.39, 0.29) is 12.7 Å². The van der Waals surface area contributed by atoms with Crippen molar-refractivity contribution >= 4 is 7.32 Å². The maximum absolute atomic E-state index is 9.38. The quantitative estimate of drug-likeness (QED) is 0.242. The fraction of sp³-hybridized carbons (Fsp3) is 1.00. The summed E-state index contributed by atoms with van der Waals surface area (Å²) in [5.74, 6) is 0. The van der Waals surface area contributed by atoms with Crippen LogP contribution in [0.1, 0.15) is 26.2 Å². The number of hydrogen-bond donors (Lipinski definition) is 5. The summed E-state index contributed by atoms with van der Waals surface area (Å²) in [6, 6.07) is 0. The van der Waals surface area contributed by atoms with Crippen LogP contribution in [0, 0.1) is 0 Å². The zero-order valence-corrected chi connectivity index (χ0v) is 10.9. The average molecular weight is 268 g/mol. The highest BCUT2D eigenvalue weighted by molar-refractivity contribution is 6.30. The van der Waals surface area contributed by atoms with Crippen LogP contribution >= 0.6 is 0 Å². The van der Waals surface area contributed by atoms with Crippen molar-refractivity contribution < 1.29 is 34.8 Å². The second kappa shape index (κ2) is 16.8. The van der Waals surface area contributed by atoms with Gasteiger partial charge in [-0.1, -0.05) is 19.8 Å². The lowest BCUT2D eigenvalue weighted by atomic mass is 10.2. The molecule has 0 rings (SSSR count). The van der Waals surface area contributed by atoms with Gasteiger partial charge in [-0.05, 0) is 6.42 Å². The van der Waals surface area contributed by atoms with Crippen LogP contribution in [-0.2, 0) is 9.47 Å². The maximum Gasteiger partial charge on any atom is 0.631 e. The van der Waals surface area contributed by atoms with Gasteiger partial charge in [-0.2, -0.15) is 0 Å². The molecule has 8 heteroatoms. The van der Waals surface area contributed by atoms with Gasteiger partial charge in [0.2, 0.25) is 0 Å². The summed E-state index contributed by atoms with van der Waals surface area (Å²) in [5, 5.41) is 39.3. The van der Waals surface area contributed by atoms with Gasteiger partial charge in [0, 0.05) is 0 Å². The maximum atomic E-state index is 9.38. The van der Waals surface area contributed by atoms with Gasteiger partial charge in [-0.15, -0.1) is 0 Å². The zero-order valence-electron chi connectivity index (χ0n) is 10.9. The molecule has 0 radical (unpaired) electrons. The summed E-state index contributed by atoms with van der Waals surface area (Å²) in [6.07, 6.45) is 2.57. The molecule has 0 aromatic heterocycles. The summed E-state index contributed by atoms with van der Waals surface area (Å²) < 4.78 is 10.2. The molecule has 0 aliphatic rings. The molecule has 7 nitrogen and oxygen atoms in total. The highest BCUT2D eigenvalue weighted by Gasteiger charge is 2.02. The molecule has 0 aliphatic carbocycles. The molecule has 18 heavy (non-hydrogen) atoms. The molecule has 0 amide bonds. The van der Waals surface area contributed by atoms with Gasteiger partial charge in [0.15, 0.2) is 0 Å². The van der Waals surface area contributed by atoms with Crippen LogP contribution in [0.5, 0.6) is 0 Å². The second-order valence-electron chi connectivity index (χ2n) is 3.55. The molecule has 0 fully saturated rings. The van der Waals surface area contributed by atoms with Gasteiger partial charge in [-0.3, -0.25) is 0 Å². The van der Waals surface area contributed by atoms with E-state index in [1.807, 2.05) is 0 Å². The zero-order chi connectivity index (χ0) is 14.2. The predicted octanol–water partition coefficient (Wildman–Crippen LogP) is -1.49. The number of rotatable bonds is 10. The number of hydrogen-bond acceptors (Lipinski definition) is 7. The van der Waals surface area contributed by atoms with E-state index in [2.05, 4.69) is 6.92 Å². The molecule has 1 unspecified atom stereocenters. The number of aliphatic hydroxyl groups is 2. The Bertz CT molecular complexity index is 145. The van der Waals surface area contributed by atoms with E-state index in [1.165, 1.54) is 0 Å². The molecule has 0 aliphatic heterocycles. The highest BCUT2D eigenvalue weighted by Crippen LogP contribution is 2.00. The third-order valence-corrected chi connectivity index (χ3v) is 1.81. The van der Waals surface area contributed by atoms with Crippen LogP contribution in [0.4, 0.5) is 0 Å². The Morgan fingerprint density at radius 2 is 1.61 bits per heavy atom. The Hall–Kier alpha value is -0.215. The minimum atomic E-state index is -2.17. The van der Waals surface area contributed by atoms with E-state index < -0.39 is 7.32 Å². The van der Waals surface area contributed by atoms with Crippen LogP contribution < -0.4 is 0 Å². The van der Waals surface area contributed by atoms with E-state index >= 15 is 0 Å². The van der Waals surface area contributed by atoms with E-state index in [0.717, 1.165) is 19.3 Å². The van der Waals surface area contributed by atoms with E-state index in [1.54, 1.807) is 0 Å². The van der Waals surface area contributed by atoms with Crippen molar-refractivity contribution in [1.29, 1.82) is 0 Å². The Labute approximate surface area is 108 Å². The first-order valence-corrected chi connectivity index (χ1v) is 6.03. The Morgan fingerprint density at radius 1 is 1.06 bits per heavy atom. The van der Waals surface area contributed by atoms with Crippen molar-refractivity contribution in [2.24, 2.45) is 0 Å². The van der Waals surface area contributed by atoms with Gasteiger partial charge >= 0.3 is 7.32 Å². The second-order valence-corrected chi connectivity index (χ2v) is 3.55. The summed E-state index contributed by atoms with van der Waals surface area (Å²) in [7, 11) is -2.17. The van der Waals surface area contributed by atoms with Gasteiger partial charge < -0.3 is 34.8 Å². The fourth-order valence-corrected chi connectivity index (χ4v) is 1.03. The standard InChI is InChI=1S/C10H22O4.BH3O3/c1-2-3-4-10(12)9-14-8-7-13-6-5-11;2-1(3)4/h10-12H,2-9H2,1H3;2-4H. The normalized spacial score (nSPS) is 11.7. The third-order valence-electron chi connectivity index (χ3n) is 1.81. The average Bonchev–Trinajstić information content (AvgIpc) is 2.30. The van der Waals surface area contributed by atoms with Crippen molar-refractivity contribution in [2.75, 3.05) is 33.0 Å². The summed E-state index contributed by atoms with van der Waals surface area (Å²) in [5.41, 5.74) is 0. The van der Waals surface area contributed by atoms with Gasteiger partial charge in [0.05, 0.1) is 39.1 Å². The Kier molecular flexibility index (Phi) is 18.8. The van der Waals surface area contributed by atoms with E-state index in [0.29, 0.717) is 26.4 Å². The molecule has 0 saturated heterocycles. The number of ether oxygens (including phenoxy) is 2. The number of aliphatic hydroxyl groups excluding tert-OH is 2. The summed E-state index contributed by atoms with van der Waals surface area (Å²) in [4.78, 5) is 0. The van der Waals surface area contributed by atoms with Crippen molar-refractivity contribution in [3.05, 3.63) is 0 Å². The lowest BCUT2D eigenvalue weighted by Crippen LogP contribution is -2.17. The summed E-state index contributed by atoms with van der Waals surface area (Å²) >= 11 is 0. The van der Waals surface area contributed by atoms with Gasteiger partial charge in [-0.25, -0.2) is 0 Å². The van der Waals surface area contributed by atoms with Crippen LogP contribution in [-0.4, -0.2) is 71.7 Å². The predicted molar refractivity (Wildman–Crippen MR) is 66.7 cm³/mol. The smallest absolute Gasteiger partial charge is 0.402 e. The van der Waals surface area contributed by atoms with Crippen molar-refractivity contribution in [3.63, 3.8) is 0 Å². The largest absolute Gasteiger partial charge is 0.631 e.